The predicted molar refractivity (Wildman–Crippen MR) is 99.8 cm³/mol. The average Bonchev–Trinajstić information content (AvgIpc) is 3.08. The van der Waals surface area contributed by atoms with E-state index in [9.17, 15) is 9.59 Å². The van der Waals surface area contributed by atoms with Gasteiger partial charge in [-0.05, 0) is 35.4 Å². The maximum atomic E-state index is 12.7. The normalized spacial score (nSPS) is 18.7. The van der Waals surface area contributed by atoms with E-state index >= 15 is 0 Å². The largest absolute Gasteiger partial charge is 0.493 e. The maximum Gasteiger partial charge on any atom is 0.307 e. The van der Waals surface area contributed by atoms with Crippen molar-refractivity contribution in [3.05, 3.63) is 58.6 Å². The Morgan fingerprint density at radius 3 is 2.52 bits per heavy atom. The van der Waals surface area contributed by atoms with Crippen molar-refractivity contribution in [2.75, 3.05) is 14.2 Å². The van der Waals surface area contributed by atoms with Gasteiger partial charge >= 0.3 is 5.97 Å². The number of nitrogens with one attached hydrogen (secondary N) is 1. The fourth-order valence-electron chi connectivity index (χ4n) is 3.04. The topological polar surface area (TPSA) is 73.9 Å². The first-order valence-corrected chi connectivity index (χ1v) is 8.83. The number of esters is 1. The quantitative estimate of drug-likeness (QED) is 0.767. The summed E-state index contributed by atoms with van der Waals surface area (Å²) in [6, 6.07) is 12.4. The molecule has 2 aromatic carbocycles. The zero-order valence-corrected chi connectivity index (χ0v) is 15.8. The van der Waals surface area contributed by atoms with Crippen LogP contribution < -0.4 is 14.8 Å². The number of methoxy groups -OCH3 is 2. The molecule has 0 saturated carbocycles. The van der Waals surface area contributed by atoms with Crippen LogP contribution in [0.4, 0.5) is 0 Å². The molecule has 0 spiro atoms. The Bertz CT molecular complexity index is 837. The molecule has 1 saturated heterocycles. The molecule has 1 aliphatic rings. The van der Waals surface area contributed by atoms with Gasteiger partial charge in [-0.1, -0.05) is 29.8 Å². The van der Waals surface area contributed by atoms with Gasteiger partial charge < -0.3 is 19.5 Å². The van der Waals surface area contributed by atoms with E-state index in [1.165, 1.54) is 7.11 Å². The Balaban J connectivity index is 1.74. The summed E-state index contributed by atoms with van der Waals surface area (Å²) in [5.41, 5.74) is 1.60. The molecule has 0 aliphatic carbocycles. The van der Waals surface area contributed by atoms with Gasteiger partial charge in [0.1, 0.15) is 6.10 Å². The summed E-state index contributed by atoms with van der Waals surface area (Å²) in [6.07, 6.45) is -0.631. The molecule has 0 aromatic heterocycles. The first-order chi connectivity index (χ1) is 13.0. The van der Waals surface area contributed by atoms with Crippen LogP contribution in [-0.4, -0.2) is 26.1 Å². The van der Waals surface area contributed by atoms with Crippen LogP contribution in [0.3, 0.4) is 0 Å². The lowest BCUT2D eigenvalue weighted by Crippen LogP contribution is -2.32. The molecular formula is C20H20ClNO5. The number of benzene rings is 2. The second-order valence-electron chi connectivity index (χ2n) is 6.18. The van der Waals surface area contributed by atoms with Crippen LogP contribution in [0.5, 0.6) is 11.5 Å². The van der Waals surface area contributed by atoms with Gasteiger partial charge in [0.15, 0.2) is 11.5 Å². The fourth-order valence-corrected chi connectivity index (χ4v) is 3.17. The second-order valence-corrected chi connectivity index (χ2v) is 6.62. The number of halogens is 1. The van der Waals surface area contributed by atoms with Gasteiger partial charge in [0.2, 0.25) is 5.91 Å². The van der Waals surface area contributed by atoms with Crippen molar-refractivity contribution < 1.29 is 23.8 Å². The highest BCUT2D eigenvalue weighted by Crippen LogP contribution is 2.39. The number of cyclic esters (lactones) is 1. The number of hydrogen-bond donors (Lipinski definition) is 1. The molecule has 2 aromatic rings. The predicted octanol–water partition coefficient (Wildman–Crippen LogP) is 3.28. The number of amides is 1. The van der Waals surface area contributed by atoms with E-state index in [2.05, 4.69) is 5.32 Å². The molecule has 0 radical (unpaired) electrons. The average molecular weight is 390 g/mol. The highest BCUT2D eigenvalue weighted by atomic mass is 35.5. The number of carbonyl (C=O) groups excluding carboxylic acids is 2. The van der Waals surface area contributed by atoms with Gasteiger partial charge in [-0.2, -0.15) is 0 Å². The molecule has 1 amide bonds. The van der Waals surface area contributed by atoms with Crippen molar-refractivity contribution in [2.45, 2.75) is 19.1 Å². The molecule has 1 N–H and O–H groups in total. The van der Waals surface area contributed by atoms with Crippen LogP contribution in [0.15, 0.2) is 42.5 Å². The van der Waals surface area contributed by atoms with Crippen molar-refractivity contribution >= 4 is 23.5 Å². The SMILES string of the molecule is COc1ccc([C@H]2OC(=O)C[C@@H]2C(=O)NCc2ccc(Cl)cc2)cc1OC. The molecule has 0 unspecified atom stereocenters. The van der Waals surface area contributed by atoms with E-state index in [-0.39, 0.29) is 12.3 Å². The van der Waals surface area contributed by atoms with E-state index in [0.29, 0.717) is 28.6 Å². The summed E-state index contributed by atoms with van der Waals surface area (Å²) >= 11 is 5.87. The summed E-state index contributed by atoms with van der Waals surface area (Å²) in [7, 11) is 3.07. The van der Waals surface area contributed by atoms with Crippen molar-refractivity contribution in [3.8, 4) is 11.5 Å². The smallest absolute Gasteiger partial charge is 0.307 e. The molecular weight excluding hydrogens is 370 g/mol. The number of hydrogen-bond acceptors (Lipinski definition) is 5. The minimum Gasteiger partial charge on any atom is -0.493 e. The molecule has 1 aliphatic heterocycles. The van der Waals surface area contributed by atoms with E-state index in [1.54, 1.807) is 37.4 Å². The summed E-state index contributed by atoms with van der Waals surface area (Å²) in [6.45, 7) is 0.347. The third-order valence-corrected chi connectivity index (χ3v) is 4.72. The zero-order chi connectivity index (χ0) is 19.4. The monoisotopic (exact) mass is 389 g/mol. The van der Waals surface area contributed by atoms with Crippen LogP contribution in [-0.2, 0) is 20.9 Å². The Labute approximate surface area is 162 Å². The molecule has 1 fully saturated rings. The molecule has 3 rings (SSSR count). The van der Waals surface area contributed by atoms with Gasteiger partial charge in [0, 0.05) is 11.6 Å². The third kappa shape index (κ3) is 4.34. The van der Waals surface area contributed by atoms with Crippen LogP contribution in [0.25, 0.3) is 0 Å². The van der Waals surface area contributed by atoms with Crippen molar-refractivity contribution in [1.82, 2.24) is 5.32 Å². The summed E-state index contributed by atoms with van der Waals surface area (Å²) in [5.74, 6) is -0.174. The minimum atomic E-state index is -0.664. The molecule has 1 heterocycles. The summed E-state index contributed by atoms with van der Waals surface area (Å²) in [5, 5.41) is 3.49. The van der Waals surface area contributed by atoms with Crippen LogP contribution in [0.2, 0.25) is 5.02 Å². The molecule has 0 bridgehead atoms. The third-order valence-electron chi connectivity index (χ3n) is 4.46. The Morgan fingerprint density at radius 2 is 1.85 bits per heavy atom. The fraction of sp³-hybridized carbons (Fsp3) is 0.300. The Kier molecular flexibility index (Phi) is 5.86. The lowest BCUT2D eigenvalue weighted by atomic mass is 9.94. The number of carbonyl (C=O) groups is 2. The Hall–Kier alpha value is -2.73. The van der Waals surface area contributed by atoms with E-state index in [0.717, 1.165) is 5.56 Å². The minimum absolute atomic E-state index is 0.0332. The lowest BCUT2D eigenvalue weighted by molar-refractivity contribution is -0.141. The first kappa shape index (κ1) is 19.0. The second kappa shape index (κ2) is 8.31. The highest BCUT2D eigenvalue weighted by Gasteiger charge is 2.41. The van der Waals surface area contributed by atoms with Crippen LogP contribution >= 0.6 is 11.6 Å². The molecule has 142 valence electrons. The van der Waals surface area contributed by atoms with E-state index in [4.69, 9.17) is 25.8 Å². The van der Waals surface area contributed by atoms with Crippen molar-refractivity contribution in [3.63, 3.8) is 0 Å². The highest BCUT2D eigenvalue weighted by molar-refractivity contribution is 6.30. The van der Waals surface area contributed by atoms with E-state index in [1.807, 2.05) is 12.1 Å². The van der Waals surface area contributed by atoms with Gasteiger partial charge in [0.25, 0.3) is 0 Å². The molecule has 27 heavy (non-hydrogen) atoms. The van der Waals surface area contributed by atoms with Gasteiger partial charge in [-0.25, -0.2) is 0 Å². The summed E-state index contributed by atoms with van der Waals surface area (Å²) < 4.78 is 15.9. The lowest BCUT2D eigenvalue weighted by Gasteiger charge is -2.19. The molecule has 7 heteroatoms. The van der Waals surface area contributed by atoms with Crippen molar-refractivity contribution in [1.29, 1.82) is 0 Å². The van der Waals surface area contributed by atoms with Gasteiger partial charge in [-0.3, -0.25) is 9.59 Å². The maximum absolute atomic E-state index is 12.7. The number of rotatable bonds is 6. The first-order valence-electron chi connectivity index (χ1n) is 8.45. The van der Waals surface area contributed by atoms with Crippen molar-refractivity contribution in [2.24, 2.45) is 5.92 Å². The molecule has 2 atom stereocenters. The zero-order valence-electron chi connectivity index (χ0n) is 15.0. The van der Waals surface area contributed by atoms with Crippen LogP contribution in [0, 0.1) is 5.92 Å². The molecule has 6 nitrogen and oxygen atoms in total. The number of ether oxygens (including phenoxy) is 3. The van der Waals surface area contributed by atoms with Gasteiger partial charge in [-0.15, -0.1) is 0 Å². The summed E-state index contributed by atoms with van der Waals surface area (Å²) in [4.78, 5) is 24.5. The van der Waals surface area contributed by atoms with E-state index < -0.39 is 18.0 Å². The van der Waals surface area contributed by atoms with Crippen LogP contribution in [0.1, 0.15) is 23.7 Å². The Morgan fingerprint density at radius 1 is 1.15 bits per heavy atom. The van der Waals surface area contributed by atoms with Gasteiger partial charge in [0.05, 0.1) is 26.6 Å². The standard InChI is InChI=1S/C20H20ClNO5/c1-25-16-8-5-13(9-17(16)26-2)19-15(10-18(23)27-19)20(24)22-11-12-3-6-14(21)7-4-12/h3-9,15,19H,10-11H2,1-2H3,(H,22,24)/t15-,19+/m0/s1.